The van der Waals surface area contributed by atoms with E-state index >= 15 is 0 Å². The molecule has 38 heavy (non-hydrogen) atoms. The van der Waals surface area contributed by atoms with Crippen molar-refractivity contribution in [2.75, 3.05) is 11.5 Å². The van der Waals surface area contributed by atoms with Crippen LogP contribution in [0.5, 0.6) is 11.5 Å². The SMILES string of the molecule is Cc1ccc(C2/C(=C(/O)c3ccc(OCC(C)C)c(C)c3)C(=O)C(=O)N2c2cccc(OC(F)(F)F)c2)o1. The highest BCUT2D eigenvalue weighted by molar-refractivity contribution is 6.51. The number of anilines is 1. The van der Waals surface area contributed by atoms with Crippen LogP contribution in [0.4, 0.5) is 18.9 Å². The van der Waals surface area contributed by atoms with Crippen molar-refractivity contribution in [3.8, 4) is 11.5 Å². The van der Waals surface area contributed by atoms with Gasteiger partial charge in [-0.1, -0.05) is 19.9 Å². The highest BCUT2D eigenvalue weighted by Gasteiger charge is 2.48. The highest BCUT2D eigenvalue weighted by atomic mass is 19.4. The molecule has 1 fully saturated rings. The fourth-order valence-corrected chi connectivity index (χ4v) is 4.17. The lowest BCUT2D eigenvalue weighted by Gasteiger charge is -2.24. The van der Waals surface area contributed by atoms with Gasteiger partial charge in [-0.05, 0) is 67.8 Å². The zero-order valence-electron chi connectivity index (χ0n) is 21.1. The molecule has 0 saturated carbocycles. The van der Waals surface area contributed by atoms with Crippen LogP contribution in [0.2, 0.25) is 0 Å². The van der Waals surface area contributed by atoms with E-state index in [9.17, 15) is 27.9 Å². The van der Waals surface area contributed by atoms with Gasteiger partial charge in [0.15, 0.2) is 0 Å². The number of benzene rings is 2. The second-order valence-corrected chi connectivity index (χ2v) is 9.35. The minimum absolute atomic E-state index is 0.0411. The van der Waals surface area contributed by atoms with Gasteiger partial charge in [0.1, 0.15) is 34.8 Å². The first-order valence-electron chi connectivity index (χ1n) is 11.8. The number of halogens is 3. The summed E-state index contributed by atoms with van der Waals surface area (Å²) in [6, 6.07) is 11.5. The second-order valence-electron chi connectivity index (χ2n) is 9.35. The molecule has 200 valence electrons. The fraction of sp³-hybridized carbons (Fsp3) is 0.286. The van der Waals surface area contributed by atoms with E-state index in [0.717, 1.165) is 17.0 Å². The minimum Gasteiger partial charge on any atom is -0.507 e. The highest BCUT2D eigenvalue weighted by Crippen LogP contribution is 2.43. The summed E-state index contributed by atoms with van der Waals surface area (Å²) < 4.78 is 53.9. The zero-order chi connectivity index (χ0) is 27.8. The van der Waals surface area contributed by atoms with E-state index in [-0.39, 0.29) is 22.6 Å². The van der Waals surface area contributed by atoms with Crippen LogP contribution in [0, 0.1) is 19.8 Å². The number of hydrogen-bond donors (Lipinski definition) is 1. The average molecular weight is 530 g/mol. The maximum Gasteiger partial charge on any atom is 0.573 e. The number of carbonyl (C=O) groups is 2. The van der Waals surface area contributed by atoms with Crippen LogP contribution >= 0.6 is 0 Å². The summed E-state index contributed by atoms with van der Waals surface area (Å²) in [5.74, 6) is -1.54. The van der Waals surface area contributed by atoms with E-state index in [2.05, 4.69) is 4.74 Å². The van der Waals surface area contributed by atoms with Crippen molar-refractivity contribution >= 4 is 23.1 Å². The van der Waals surface area contributed by atoms with E-state index in [1.807, 2.05) is 13.8 Å². The fourth-order valence-electron chi connectivity index (χ4n) is 4.17. The van der Waals surface area contributed by atoms with Crippen molar-refractivity contribution in [1.82, 2.24) is 0 Å². The van der Waals surface area contributed by atoms with Crippen molar-refractivity contribution in [2.45, 2.75) is 40.1 Å². The smallest absolute Gasteiger partial charge is 0.507 e. The lowest BCUT2D eigenvalue weighted by molar-refractivity contribution is -0.274. The second kappa shape index (κ2) is 10.3. The topological polar surface area (TPSA) is 89.2 Å². The van der Waals surface area contributed by atoms with Crippen LogP contribution in [-0.2, 0) is 9.59 Å². The Morgan fingerprint density at radius 1 is 1.08 bits per heavy atom. The molecule has 0 radical (unpaired) electrons. The van der Waals surface area contributed by atoms with E-state index in [1.54, 1.807) is 38.1 Å². The Morgan fingerprint density at radius 2 is 1.82 bits per heavy atom. The van der Waals surface area contributed by atoms with Gasteiger partial charge in [-0.2, -0.15) is 0 Å². The lowest BCUT2D eigenvalue weighted by atomic mass is 9.98. The maximum atomic E-state index is 13.3. The van der Waals surface area contributed by atoms with E-state index in [0.29, 0.717) is 29.6 Å². The molecule has 1 aliphatic rings. The number of furan rings is 1. The molecule has 1 N–H and O–H groups in total. The lowest BCUT2D eigenvalue weighted by Crippen LogP contribution is -2.29. The van der Waals surface area contributed by atoms with Crippen LogP contribution < -0.4 is 14.4 Å². The first-order valence-corrected chi connectivity index (χ1v) is 11.8. The summed E-state index contributed by atoms with van der Waals surface area (Å²) in [6.45, 7) is 7.95. The van der Waals surface area contributed by atoms with Gasteiger partial charge in [0.2, 0.25) is 0 Å². The van der Waals surface area contributed by atoms with Gasteiger partial charge in [-0.15, -0.1) is 13.2 Å². The van der Waals surface area contributed by atoms with Gasteiger partial charge >= 0.3 is 6.36 Å². The number of aliphatic hydroxyl groups is 1. The molecule has 2 aromatic carbocycles. The van der Waals surface area contributed by atoms with Crippen LogP contribution in [0.25, 0.3) is 5.76 Å². The predicted molar refractivity (Wildman–Crippen MR) is 133 cm³/mol. The third-order valence-corrected chi connectivity index (χ3v) is 5.82. The number of ketones is 1. The summed E-state index contributed by atoms with van der Waals surface area (Å²) in [7, 11) is 0. The Hall–Kier alpha value is -4.21. The van der Waals surface area contributed by atoms with Gasteiger partial charge < -0.3 is 19.0 Å². The van der Waals surface area contributed by atoms with Gasteiger partial charge in [-0.25, -0.2) is 0 Å². The first-order chi connectivity index (χ1) is 17.9. The maximum absolute atomic E-state index is 13.3. The molecule has 0 bridgehead atoms. The monoisotopic (exact) mass is 529 g/mol. The molecule has 1 unspecified atom stereocenters. The van der Waals surface area contributed by atoms with Gasteiger partial charge in [0.25, 0.3) is 11.7 Å². The molecule has 4 rings (SSSR count). The number of ether oxygens (including phenoxy) is 2. The molecule has 7 nitrogen and oxygen atoms in total. The van der Waals surface area contributed by atoms with Crippen LogP contribution in [-0.4, -0.2) is 29.8 Å². The summed E-state index contributed by atoms with van der Waals surface area (Å²) in [4.78, 5) is 27.5. The Balaban J connectivity index is 1.82. The van der Waals surface area contributed by atoms with Gasteiger partial charge in [0.05, 0.1) is 12.2 Å². The van der Waals surface area contributed by atoms with Crippen LogP contribution in [0.1, 0.15) is 42.5 Å². The molecule has 1 aromatic heterocycles. The summed E-state index contributed by atoms with van der Waals surface area (Å²) in [6.07, 6.45) is -4.95. The third kappa shape index (κ3) is 5.53. The number of carbonyl (C=O) groups excluding carboxylic acids is 2. The predicted octanol–water partition coefficient (Wildman–Crippen LogP) is 6.46. The van der Waals surface area contributed by atoms with E-state index in [1.165, 1.54) is 18.2 Å². The summed E-state index contributed by atoms with van der Waals surface area (Å²) in [5.41, 5.74) is 0.661. The van der Waals surface area contributed by atoms with E-state index in [4.69, 9.17) is 9.15 Å². The number of rotatable bonds is 7. The zero-order valence-corrected chi connectivity index (χ0v) is 21.1. The molecule has 0 aliphatic carbocycles. The number of alkyl halides is 3. The Labute approximate surface area is 217 Å². The number of aryl methyl sites for hydroxylation is 2. The van der Waals surface area contributed by atoms with E-state index < -0.39 is 35.6 Å². The van der Waals surface area contributed by atoms with Crippen molar-refractivity contribution in [3.05, 3.63) is 82.8 Å². The summed E-state index contributed by atoms with van der Waals surface area (Å²) >= 11 is 0. The van der Waals surface area contributed by atoms with Gasteiger partial charge in [-0.3, -0.25) is 14.5 Å². The van der Waals surface area contributed by atoms with Crippen molar-refractivity contribution in [2.24, 2.45) is 5.92 Å². The molecule has 2 heterocycles. The summed E-state index contributed by atoms with van der Waals surface area (Å²) in [5, 5.41) is 11.3. The Bertz CT molecular complexity index is 1410. The average Bonchev–Trinajstić information content (AvgIpc) is 3.37. The molecule has 0 spiro atoms. The molecular weight excluding hydrogens is 503 g/mol. The number of hydrogen-bond acceptors (Lipinski definition) is 6. The molecule has 1 aliphatic heterocycles. The molecule has 1 saturated heterocycles. The molecule has 1 amide bonds. The van der Waals surface area contributed by atoms with Crippen LogP contribution in [0.3, 0.4) is 0 Å². The minimum atomic E-state index is -4.95. The largest absolute Gasteiger partial charge is 0.573 e. The standard InChI is InChI=1S/C28H26F3NO6/c1-15(2)14-36-21-11-9-18(12-16(21)3)25(33)23-24(22-10-8-17(4)37-22)32(27(35)26(23)34)19-6-5-7-20(13-19)38-28(29,30)31/h5-13,15,24,33H,14H2,1-4H3/b25-23-. The molecule has 10 heteroatoms. The quantitative estimate of drug-likeness (QED) is 0.215. The van der Waals surface area contributed by atoms with Crippen molar-refractivity contribution in [3.63, 3.8) is 0 Å². The number of amides is 1. The first kappa shape index (κ1) is 26.8. The molecule has 3 aromatic rings. The Morgan fingerprint density at radius 3 is 2.42 bits per heavy atom. The molecule has 1 atom stereocenters. The van der Waals surface area contributed by atoms with Gasteiger partial charge in [0, 0.05) is 17.3 Å². The molecular formula is C28H26F3NO6. The normalized spacial score (nSPS) is 17.4. The van der Waals surface area contributed by atoms with Crippen molar-refractivity contribution in [1.29, 1.82) is 0 Å². The Kier molecular flexibility index (Phi) is 7.26. The number of Topliss-reactive ketones (excluding diaryl/α,β-unsaturated/α-hetero) is 1. The number of aliphatic hydroxyl groups excluding tert-OH is 1. The van der Waals surface area contributed by atoms with Crippen LogP contribution in [0.15, 0.2) is 64.6 Å². The third-order valence-electron chi connectivity index (χ3n) is 5.82. The number of nitrogens with zero attached hydrogens (tertiary/aromatic N) is 1. The van der Waals surface area contributed by atoms with Crippen molar-refractivity contribution < 1.29 is 41.8 Å².